The molecule has 1 heterocycles. The zero-order chi connectivity index (χ0) is 15.2. The van der Waals surface area contributed by atoms with Crippen LogP contribution < -0.4 is 5.32 Å². The van der Waals surface area contributed by atoms with Crippen LogP contribution in [0.3, 0.4) is 0 Å². The zero-order valence-electron chi connectivity index (χ0n) is 13.1. The van der Waals surface area contributed by atoms with E-state index < -0.39 is 0 Å². The third kappa shape index (κ3) is 4.97. The molecule has 1 saturated carbocycles. The van der Waals surface area contributed by atoms with Crippen molar-refractivity contribution < 1.29 is 4.79 Å². The highest BCUT2D eigenvalue weighted by Crippen LogP contribution is 2.18. The average Bonchev–Trinajstić information content (AvgIpc) is 3.34. The summed E-state index contributed by atoms with van der Waals surface area (Å²) in [6.07, 6.45) is 6.72. The molecule has 0 bridgehead atoms. The molecule has 1 N–H and O–H groups in total. The minimum atomic E-state index is 0.194. The first-order valence-corrected chi connectivity index (χ1v) is 8.25. The van der Waals surface area contributed by atoms with Crippen molar-refractivity contribution in [1.82, 2.24) is 15.1 Å². The fourth-order valence-electron chi connectivity index (χ4n) is 2.74. The van der Waals surface area contributed by atoms with E-state index in [-0.39, 0.29) is 5.91 Å². The van der Waals surface area contributed by atoms with Crippen LogP contribution in [0.1, 0.15) is 18.4 Å². The van der Waals surface area contributed by atoms with E-state index >= 15 is 0 Å². The lowest BCUT2D eigenvalue weighted by Crippen LogP contribution is -2.49. The third-order valence-electron chi connectivity index (χ3n) is 4.25. The molecule has 0 atom stereocenters. The summed E-state index contributed by atoms with van der Waals surface area (Å²) in [4.78, 5) is 16.5. The smallest absolute Gasteiger partial charge is 0.234 e. The third-order valence-corrected chi connectivity index (χ3v) is 4.25. The van der Waals surface area contributed by atoms with Gasteiger partial charge in [-0.05, 0) is 18.4 Å². The van der Waals surface area contributed by atoms with Crippen molar-refractivity contribution in [2.75, 3.05) is 39.3 Å². The lowest BCUT2D eigenvalue weighted by Gasteiger charge is -2.33. The molecule has 2 fully saturated rings. The van der Waals surface area contributed by atoms with Gasteiger partial charge in [-0.15, -0.1) is 0 Å². The van der Waals surface area contributed by atoms with Crippen molar-refractivity contribution >= 4 is 12.0 Å². The Morgan fingerprint density at radius 1 is 1.09 bits per heavy atom. The number of nitrogens with one attached hydrogen (secondary N) is 1. The molecule has 1 aliphatic heterocycles. The summed E-state index contributed by atoms with van der Waals surface area (Å²) in [5, 5.41) is 3.06. The van der Waals surface area contributed by atoms with Crippen molar-refractivity contribution in [3.63, 3.8) is 0 Å². The first kappa shape index (κ1) is 15.3. The molecule has 0 aromatic heterocycles. The van der Waals surface area contributed by atoms with E-state index in [0.29, 0.717) is 12.6 Å². The lowest BCUT2D eigenvalue weighted by atomic mass is 10.2. The quantitative estimate of drug-likeness (QED) is 0.866. The normalized spacial score (nSPS) is 20.4. The van der Waals surface area contributed by atoms with Gasteiger partial charge in [0.1, 0.15) is 0 Å². The number of carbonyl (C=O) groups excluding carboxylic acids is 1. The minimum Gasteiger partial charge on any atom is -0.352 e. The standard InChI is InChI=1S/C18H25N3O/c22-18(19-17-8-9-17)15-21-13-11-20(12-14-21)10-4-7-16-5-2-1-3-6-16/h1-7,17H,8-15H2,(H,19,22)/b7-4+. The monoisotopic (exact) mass is 299 g/mol. The number of piperazine rings is 1. The molecular weight excluding hydrogens is 274 g/mol. The van der Waals surface area contributed by atoms with E-state index in [0.717, 1.165) is 45.6 Å². The van der Waals surface area contributed by atoms with Gasteiger partial charge in [-0.3, -0.25) is 14.6 Å². The van der Waals surface area contributed by atoms with Gasteiger partial charge in [0.15, 0.2) is 0 Å². The van der Waals surface area contributed by atoms with Gasteiger partial charge in [0.2, 0.25) is 5.91 Å². The zero-order valence-corrected chi connectivity index (χ0v) is 13.1. The summed E-state index contributed by atoms with van der Waals surface area (Å²) < 4.78 is 0. The maximum Gasteiger partial charge on any atom is 0.234 e. The Hall–Kier alpha value is -1.65. The fraction of sp³-hybridized carbons (Fsp3) is 0.500. The lowest BCUT2D eigenvalue weighted by molar-refractivity contribution is -0.122. The highest BCUT2D eigenvalue weighted by molar-refractivity contribution is 5.78. The van der Waals surface area contributed by atoms with Crippen LogP contribution in [-0.2, 0) is 4.79 Å². The van der Waals surface area contributed by atoms with Crippen LogP contribution in [0, 0.1) is 0 Å². The van der Waals surface area contributed by atoms with Crippen LogP contribution in [0.15, 0.2) is 36.4 Å². The predicted molar refractivity (Wildman–Crippen MR) is 89.5 cm³/mol. The molecule has 118 valence electrons. The summed E-state index contributed by atoms with van der Waals surface area (Å²) >= 11 is 0. The Bertz CT molecular complexity index is 502. The van der Waals surface area contributed by atoms with Gasteiger partial charge >= 0.3 is 0 Å². The molecule has 1 amide bonds. The topological polar surface area (TPSA) is 35.6 Å². The molecule has 1 saturated heterocycles. The van der Waals surface area contributed by atoms with Crippen LogP contribution in [-0.4, -0.2) is 61.0 Å². The molecule has 1 aromatic rings. The van der Waals surface area contributed by atoms with Crippen molar-refractivity contribution in [2.45, 2.75) is 18.9 Å². The van der Waals surface area contributed by atoms with E-state index in [2.05, 4.69) is 51.5 Å². The molecule has 2 aliphatic rings. The van der Waals surface area contributed by atoms with Gasteiger partial charge in [-0.1, -0.05) is 42.5 Å². The average molecular weight is 299 g/mol. The van der Waals surface area contributed by atoms with Crippen LogP contribution in [0.5, 0.6) is 0 Å². The molecular formula is C18H25N3O. The number of hydrogen-bond acceptors (Lipinski definition) is 3. The van der Waals surface area contributed by atoms with Crippen molar-refractivity contribution in [3.8, 4) is 0 Å². The van der Waals surface area contributed by atoms with Crippen molar-refractivity contribution in [2.24, 2.45) is 0 Å². The summed E-state index contributed by atoms with van der Waals surface area (Å²) in [7, 11) is 0. The SMILES string of the molecule is O=C(CN1CCN(C/C=C/c2ccccc2)CC1)NC1CC1. The van der Waals surface area contributed by atoms with E-state index in [1.54, 1.807) is 0 Å². The minimum absolute atomic E-state index is 0.194. The number of rotatable bonds is 6. The Morgan fingerprint density at radius 2 is 1.77 bits per heavy atom. The van der Waals surface area contributed by atoms with Gasteiger partial charge in [-0.2, -0.15) is 0 Å². The molecule has 1 aliphatic carbocycles. The molecule has 3 rings (SSSR count). The summed E-state index contributed by atoms with van der Waals surface area (Å²) in [5.74, 6) is 0.194. The second-order valence-corrected chi connectivity index (χ2v) is 6.23. The van der Waals surface area contributed by atoms with Crippen LogP contribution in [0.25, 0.3) is 6.08 Å². The Morgan fingerprint density at radius 3 is 2.45 bits per heavy atom. The van der Waals surface area contributed by atoms with Crippen LogP contribution >= 0.6 is 0 Å². The fourth-order valence-corrected chi connectivity index (χ4v) is 2.74. The van der Waals surface area contributed by atoms with Crippen LogP contribution in [0.4, 0.5) is 0 Å². The Balaban J connectivity index is 1.34. The predicted octanol–water partition coefficient (Wildman–Crippen LogP) is 1.60. The van der Waals surface area contributed by atoms with Gasteiger partial charge in [-0.25, -0.2) is 0 Å². The van der Waals surface area contributed by atoms with E-state index in [1.165, 1.54) is 5.56 Å². The number of nitrogens with zero attached hydrogens (tertiary/aromatic N) is 2. The molecule has 0 spiro atoms. The Kier molecular flexibility index (Phi) is 5.24. The first-order chi connectivity index (χ1) is 10.8. The van der Waals surface area contributed by atoms with E-state index in [1.807, 2.05) is 6.07 Å². The maximum atomic E-state index is 11.8. The van der Waals surface area contributed by atoms with E-state index in [4.69, 9.17) is 0 Å². The summed E-state index contributed by atoms with van der Waals surface area (Å²) in [6.45, 7) is 5.58. The molecule has 0 unspecified atom stereocenters. The first-order valence-electron chi connectivity index (χ1n) is 8.25. The van der Waals surface area contributed by atoms with Crippen molar-refractivity contribution in [3.05, 3.63) is 42.0 Å². The van der Waals surface area contributed by atoms with Gasteiger partial charge in [0.05, 0.1) is 6.54 Å². The Labute approximate surface area is 132 Å². The van der Waals surface area contributed by atoms with Crippen LogP contribution in [0.2, 0.25) is 0 Å². The maximum absolute atomic E-state index is 11.8. The van der Waals surface area contributed by atoms with Gasteiger partial charge in [0.25, 0.3) is 0 Å². The number of hydrogen-bond donors (Lipinski definition) is 1. The second-order valence-electron chi connectivity index (χ2n) is 6.23. The van der Waals surface area contributed by atoms with Gasteiger partial charge < -0.3 is 5.32 Å². The molecule has 4 heteroatoms. The highest BCUT2D eigenvalue weighted by Gasteiger charge is 2.25. The number of benzene rings is 1. The summed E-state index contributed by atoms with van der Waals surface area (Å²) in [6, 6.07) is 10.9. The van der Waals surface area contributed by atoms with Crippen molar-refractivity contribution in [1.29, 1.82) is 0 Å². The van der Waals surface area contributed by atoms with E-state index in [9.17, 15) is 4.79 Å². The highest BCUT2D eigenvalue weighted by atomic mass is 16.2. The van der Waals surface area contributed by atoms with Gasteiger partial charge in [0, 0.05) is 38.8 Å². The second kappa shape index (κ2) is 7.56. The largest absolute Gasteiger partial charge is 0.352 e. The molecule has 1 aromatic carbocycles. The molecule has 22 heavy (non-hydrogen) atoms. The molecule has 4 nitrogen and oxygen atoms in total. The summed E-state index contributed by atoms with van der Waals surface area (Å²) in [5.41, 5.74) is 1.25. The number of carbonyl (C=O) groups is 1. The number of amides is 1. The molecule has 0 radical (unpaired) electrons.